The van der Waals surface area contributed by atoms with Crippen LogP contribution in [0.5, 0.6) is 0 Å². The number of nitrogens with zero attached hydrogens (tertiary/aromatic N) is 1. The molecule has 1 saturated heterocycles. The van der Waals surface area contributed by atoms with Crippen molar-refractivity contribution in [3.05, 3.63) is 8.83 Å². The van der Waals surface area contributed by atoms with Crippen LogP contribution in [-0.4, -0.2) is 10.9 Å². The van der Waals surface area contributed by atoms with E-state index in [1.165, 1.54) is 11.3 Å². The van der Waals surface area contributed by atoms with Crippen molar-refractivity contribution in [2.75, 3.05) is 5.73 Å². The summed E-state index contributed by atoms with van der Waals surface area (Å²) in [6, 6.07) is 0. The molecule has 1 aliphatic heterocycles. The molecule has 13 heavy (non-hydrogen) atoms. The summed E-state index contributed by atoms with van der Waals surface area (Å²) >= 11 is 6.50. The lowest BCUT2D eigenvalue weighted by Gasteiger charge is -2.32. The van der Waals surface area contributed by atoms with Gasteiger partial charge >= 0.3 is 0 Å². The summed E-state index contributed by atoms with van der Waals surface area (Å²) in [4.78, 5) is 0.866. The second kappa shape index (κ2) is 3.06. The zero-order chi connectivity index (χ0) is 9.59. The fraction of sp³-hybridized carbons (Fsp3) is 0.571. The first-order valence-corrected chi connectivity index (χ1v) is 5.08. The molecule has 0 aliphatic carbocycles. The number of anilines is 1. The summed E-state index contributed by atoms with van der Waals surface area (Å²) in [5, 5.41) is 0. The van der Waals surface area contributed by atoms with E-state index in [4.69, 9.17) is 27.4 Å². The van der Waals surface area contributed by atoms with E-state index in [1.54, 1.807) is 4.57 Å². The smallest absolute Gasteiger partial charge is 0.202 e. The van der Waals surface area contributed by atoms with Crippen molar-refractivity contribution in [3.63, 3.8) is 0 Å². The van der Waals surface area contributed by atoms with Crippen LogP contribution >= 0.6 is 23.6 Å². The van der Waals surface area contributed by atoms with Crippen LogP contribution in [0.2, 0.25) is 0 Å². The molecule has 1 aromatic rings. The third-order valence-corrected chi connectivity index (χ3v) is 3.52. The molecule has 2 N–H and O–H groups in total. The molecular weight excluding hydrogens is 208 g/mol. The summed E-state index contributed by atoms with van der Waals surface area (Å²) < 4.78 is 13.1. The maximum absolute atomic E-state index is 5.81. The summed E-state index contributed by atoms with van der Waals surface area (Å²) in [6.45, 7) is 1.84. The van der Waals surface area contributed by atoms with Gasteiger partial charge in [-0.15, -0.1) is 11.3 Å². The molecule has 2 rings (SSSR count). The van der Waals surface area contributed by atoms with Gasteiger partial charge in [0.1, 0.15) is 10.7 Å². The average molecular weight is 218 g/mol. The monoisotopic (exact) mass is 218 g/mol. The molecule has 1 fully saturated rings. The molecule has 1 aromatic heterocycles. The summed E-state index contributed by atoms with van der Waals surface area (Å²) in [6.07, 6.45) is -0.451. The van der Waals surface area contributed by atoms with Crippen molar-refractivity contribution < 1.29 is 9.47 Å². The third-order valence-electron chi connectivity index (χ3n) is 1.93. The SMILES string of the molecule is CC1OC(c2sc(=S)n(C)c2N)O1. The van der Waals surface area contributed by atoms with Crippen LogP contribution in [-0.2, 0) is 16.5 Å². The highest BCUT2D eigenvalue weighted by Gasteiger charge is 2.32. The Morgan fingerprint density at radius 3 is 2.54 bits per heavy atom. The summed E-state index contributed by atoms with van der Waals surface area (Å²) in [5.74, 6) is 0.631. The van der Waals surface area contributed by atoms with Gasteiger partial charge in [-0.25, -0.2) is 0 Å². The molecule has 0 radical (unpaired) electrons. The van der Waals surface area contributed by atoms with E-state index in [0.717, 1.165) is 8.83 Å². The zero-order valence-electron chi connectivity index (χ0n) is 7.31. The van der Waals surface area contributed by atoms with Crippen LogP contribution in [0.1, 0.15) is 18.1 Å². The van der Waals surface area contributed by atoms with Gasteiger partial charge in [0.2, 0.25) is 6.29 Å². The number of hydrogen-bond acceptors (Lipinski definition) is 5. The van der Waals surface area contributed by atoms with Crippen molar-refractivity contribution in [1.82, 2.24) is 4.57 Å². The lowest BCUT2D eigenvalue weighted by atomic mass is 10.4. The van der Waals surface area contributed by atoms with Crippen LogP contribution in [0, 0.1) is 3.95 Å². The summed E-state index contributed by atoms with van der Waals surface area (Å²) in [5.41, 5.74) is 5.81. The Morgan fingerprint density at radius 2 is 2.15 bits per heavy atom. The minimum atomic E-state index is -0.317. The van der Waals surface area contributed by atoms with Crippen LogP contribution in [0.3, 0.4) is 0 Å². The van der Waals surface area contributed by atoms with Crippen molar-refractivity contribution in [1.29, 1.82) is 0 Å². The largest absolute Gasteiger partial charge is 0.384 e. The molecule has 0 unspecified atom stereocenters. The van der Waals surface area contributed by atoms with Crippen molar-refractivity contribution >= 4 is 29.4 Å². The van der Waals surface area contributed by atoms with E-state index >= 15 is 0 Å². The molecular formula is C7H10N2O2S2. The fourth-order valence-corrected chi connectivity index (χ4v) is 2.37. The van der Waals surface area contributed by atoms with E-state index in [2.05, 4.69) is 0 Å². The Balaban J connectivity index is 2.31. The highest BCUT2D eigenvalue weighted by molar-refractivity contribution is 7.73. The molecule has 0 amide bonds. The van der Waals surface area contributed by atoms with Gasteiger partial charge in [0.25, 0.3) is 0 Å². The number of thiazole rings is 1. The molecule has 2 heterocycles. The van der Waals surface area contributed by atoms with Crippen LogP contribution in [0.4, 0.5) is 5.82 Å². The van der Waals surface area contributed by atoms with Gasteiger partial charge in [0, 0.05) is 7.05 Å². The van der Waals surface area contributed by atoms with Gasteiger partial charge in [0.15, 0.2) is 10.2 Å². The highest BCUT2D eigenvalue weighted by Crippen LogP contribution is 2.38. The van der Waals surface area contributed by atoms with Gasteiger partial charge in [-0.3, -0.25) is 0 Å². The van der Waals surface area contributed by atoms with Gasteiger partial charge in [-0.2, -0.15) is 0 Å². The number of aromatic nitrogens is 1. The lowest BCUT2D eigenvalue weighted by Crippen LogP contribution is -2.31. The topological polar surface area (TPSA) is 49.4 Å². The molecule has 6 heteroatoms. The van der Waals surface area contributed by atoms with Crippen LogP contribution < -0.4 is 5.73 Å². The fourth-order valence-electron chi connectivity index (χ4n) is 1.13. The van der Waals surface area contributed by atoms with Crippen molar-refractivity contribution in [3.8, 4) is 0 Å². The quantitative estimate of drug-likeness (QED) is 0.730. The van der Waals surface area contributed by atoms with E-state index in [0.29, 0.717) is 5.82 Å². The van der Waals surface area contributed by atoms with E-state index < -0.39 is 0 Å². The third kappa shape index (κ3) is 1.39. The van der Waals surface area contributed by atoms with E-state index in [-0.39, 0.29) is 12.6 Å². The Bertz CT molecular complexity index is 378. The minimum Gasteiger partial charge on any atom is -0.384 e. The van der Waals surface area contributed by atoms with E-state index in [1.807, 2.05) is 14.0 Å². The summed E-state index contributed by atoms with van der Waals surface area (Å²) in [7, 11) is 1.83. The van der Waals surface area contributed by atoms with Crippen molar-refractivity contribution in [2.45, 2.75) is 19.5 Å². The first-order chi connectivity index (χ1) is 6.09. The van der Waals surface area contributed by atoms with Crippen LogP contribution in [0.25, 0.3) is 0 Å². The highest BCUT2D eigenvalue weighted by atomic mass is 32.1. The maximum Gasteiger partial charge on any atom is 0.202 e. The van der Waals surface area contributed by atoms with Gasteiger partial charge < -0.3 is 19.8 Å². The molecule has 0 atom stereocenters. The van der Waals surface area contributed by atoms with Gasteiger partial charge in [-0.05, 0) is 19.1 Å². The number of ether oxygens (including phenoxy) is 2. The van der Waals surface area contributed by atoms with Crippen molar-refractivity contribution in [2.24, 2.45) is 7.05 Å². The second-order valence-electron chi connectivity index (χ2n) is 2.85. The minimum absolute atomic E-state index is 0.134. The predicted octanol–water partition coefficient (Wildman–Crippen LogP) is 1.79. The molecule has 0 aromatic carbocycles. The lowest BCUT2D eigenvalue weighted by molar-refractivity contribution is -0.381. The predicted molar refractivity (Wildman–Crippen MR) is 52.9 cm³/mol. The first kappa shape index (κ1) is 9.14. The Labute approximate surface area is 84.9 Å². The van der Waals surface area contributed by atoms with Gasteiger partial charge in [0.05, 0.1) is 0 Å². The maximum atomic E-state index is 5.81. The zero-order valence-corrected chi connectivity index (χ0v) is 8.95. The number of rotatable bonds is 1. The Morgan fingerprint density at radius 1 is 1.54 bits per heavy atom. The molecule has 72 valence electrons. The Kier molecular flexibility index (Phi) is 2.15. The van der Waals surface area contributed by atoms with E-state index in [9.17, 15) is 0 Å². The second-order valence-corrected chi connectivity index (χ2v) is 4.52. The molecule has 0 bridgehead atoms. The number of nitrogen functional groups attached to an aromatic ring is 1. The Hall–Kier alpha value is -0.430. The number of nitrogens with two attached hydrogens (primary N) is 1. The average Bonchev–Trinajstić information content (AvgIpc) is 2.27. The molecule has 1 aliphatic rings. The van der Waals surface area contributed by atoms with Gasteiger partial charge in [-0.1, -0.05) is 0 Å². The number of hydrogen-bond donors (Lipinski definition) is 1. The molecule has 0 saturated carbocycles. The standard InChI is InChI=1S/C7H10N2O2S2/c1-3-10-6(11-3)4-5(8)9(2)7(12)13-4/h3,6H,8H2,1-2H3. The first-order valence-electron chi connectivity index (χ1n) is 3.85. The molecule has 4 nitrogen and oxygen atoms in total. The molecule has 0 spiro atoms. The van der Waals surface area contributed by atoms with Crippen LogP contribution in [0.15, 0.2) is 0 Å². The normalized spacial score (nSPS) is 27.2.